The number of ether oxygens (including phenoxy) is 1. The fourth-order valence-electron chi connectivity index (χ4n) is 4.09. The zero-order valence-electron chi connectivity index (χ0n) is 15.9. The molecule has 3 aromatic rings. The monoisotopic (exact) mass is 376 g/mol. The maximum Gasteiger partial charge on any atom is 0.218 e. The smallest absolute Gasteiger partial charge is 0.218 e. The van der Waals surface area contributed by atoms with Gasteiger partial charge in [-0.1, -0.05) is 6.07 Å². The highest BCUT2D eigenvalue weighted by molar-refractivity contribution is 5.47. The van der Waals surface area contributed by atoms with Crippen molar-refractivity contribution in [1.82, 2.24) is 19.9 Å². The van der Waals surface area contributed by atoms with Crippen molar-refractivity contribution in [3.63, 3.8) is 0 Å². The number of hydrogen-bond donors (Lipinski definition) is 0. The Labute approximate surface area is 164 Å². The van der Waals surface area contributed by atoms with E-state index in [9.17, 15) is 0 Å². The van der Waals surface area contributed by atoms with Crippen LogP contribution in [-0.2, 0) is 19.5 Å². The van der Waals surface area contributed by atoms with E-state index in [0.717, 1.165) is 56.0 Å². The number of fused-ring (bicyclic) bond motifs is 1. The largest absolute Gasteiger partial charge is 0.474 e. The van der Waals surface area contributed by atoms with Gasteiger partial charge in [0.25, 0.3) is 0 Å². The van der Waals surface area contributed by atoms with Gasteiger partial charge in [-0.25, -0.2) is 15.0 Å². The standard InChI is InChI=1S/C22H24N4O2/c1-2-7-18(6-1)28-22-16(5-3-10-23-22)14-26-11-9-19-17(15-26)13-24-21(25-19)20-8-4-12-27-20/h3-5,8,10,12-13,18H,1-2,6-7,9,11,14-15H2. The van der Waals surface area contributed by atoms with Crippen molar-refractivity contribution in [2.75, 3.05) is 6.54 Å². The number of furan rings is 1. The molecule has 1 aliphatic carbocycles. The van der Waals surface area contributed by atoms with Gasteiger partial charge in [0.05, 0.1) is 12.0 Å². The van der Waals surface area contributed by atoms with Crippen LogP contribution in [-0.4, -0.2) is 32.5 Å². The highest BCUT2D eigenvalue weighted by atomic mass is 16.5. The van der Waals surface area contributed by atoms with Gasteiger partial charge in [-0.05, 0) is 43.9 Å². The Morgan fingerprint density at radius 1 is 1.14 bits per heavy atom. The number of hydrogen-bond acceptors (Lipinski definition) is 6. The highest BCUT2D eigenvalue weighted by Crippen LogP contribution is 2.27. The molecule has 0 saturated heterocycles. The first-order valence-corrected chi connectivity index (χ1v) is 10.1. The van der Waals surface area contributed by atoms with E-state index < -0.39 is 0 Å². The molecule has 1 saturated carbocycles. The zero-order chi connectivity index (χ0) is 18.8. The van der Waals surface area contributed by atoms with E-state index in [0.29, 0.717) is 17.7 Å². The van der Waals surface area contributed by atoms with E-state index >= 15 is 0 Å². The maximum atomic E-state index is 6.20. The molecule has 4 heterocycles. The van der Waals surface area contributed by atoms with Gasteiger partial charge < -0.3 is 9.15 Å². The predicted molar refractivity (Wildman–Crippen MR) is 105 cm³/mol. The van der Waals surface area contributed by atoms with E-state index in [-0.39, 0.29) is 0 Å². The lowest BCUT2D eigenvalue weighted by Crippen LogP contribution is -2.31. The van der Waals surface area contributed by atoms with Gasteiger partial charge in [0.1, 0.15) is 6.10 Å². The minimum atomic E-state index is 0.323. The molecule has 1 fully saturated rings. The normalized spacial score (nSPS) is 17.6. The molecular formula is C22H24N4O2. The molecule has 0 aromatic carbocycles. The third-order valence-corrected chi connectivity index (χ3v) is 5.58. The summed E-state index contributed by atoms with van der Waals surface area (Å²) in [5.41, 5.74) is 3.46. The Hall–Kier alpha value is -2.73. The first-order chi connectivity index (χ1) is 13.8. The first-order valence-electron chi connectivity index (χ1n) is 10.1. The van der Waals surface area contributed by atoms with Crippen molar-refractivity contribution in [3.8, 4) is 17.5 Å². The van der Waals surface area contributed by atoms with Crippen LogP contribution >= 0.6 is 0 Å². The number of rotatable bonds is 5. The molecular weight excluding hydrogens is 352 g/mol. The summed E-state index contributed by atoms with van der Waals surface area (Å²) in [5.74, 6) is 2.18. The van der Waals surface area contributed by atoms with Crippen molar-refractivity contribution in [3.05, 3.63) is 59.7 Å². The van der Waals surface area contributed by atoms with E-state index in [1.54, 1.807) is 6.26 Å². The summed E-state index contributed by atoms with van der Waals surface area (Å²) in [5, 5.41) is 0. The second-order valence-corrected chi connectivity index (χ2v) is 7.60. The Morgan fingerprint density at radius 2 is 2.07 bits per heavy atom. The van der Waals surface area contributed by atoms with Gasteiger partial charge in [0.2, 0.25) is 5.88 Å². The molecule has 3 aromatic heterocycles. The Balaban J connectivity index is 1.29. The van der Waals surface area contributed by atoms with Crippen LogP contribution in [0.1, 0.15) is 42.5 Å². The van der Waals surface area contributed by atoms with Crippen LogP contribution in [0.4, 0.5) is 0 Å². The van der Waals surface area contributed by atoms with Crippen molar-refractivity contribution in [2.24, 2.45) is 0 Å². The summed E-state index contributed by atoms with van der Waals surface area (Å²) in [6, 6.07) is 7.88. The predicted octanol–water partition coefficient (Wildman–Crippen LogP) is 4.01. The molecule has 1 aliphatic heterocycles. The number of aromatic nitrogens is 3. The third-order valence-electron chi connectivity index (χ3n) is 5.58. The molecule has 0 radical (unpaired) electrons. The lowest BCUT2D eigenvalue weighted by Gasteiger charge is -2.28. The second-order valence-electron chi connectivity index (χ2n) is 7.60. The summed E-state index contributed by atoms with van der Waals surface area (Å²) < 4.78 is 11.6. The number of nitrogens with zero attached hydrogens (tertiary/aromatic N) is 4. The molecule has 144 valence electrons. The second kappa shape index (κ2) is 7.72. The molecule has 0 N–H and O–H groups in total. The zero-order valence-corrected chi connectivity index (χ0v) is 15.9. The lowest BCUT2D eigenvalue weighted by atomic mass is 10.1. The fourth-order valence-corrected chi connectivity index (χ4v) is 4.09. The third kappa shape index (κ3) is 3.64. The van der Waals surface area contributed by atoms with Crippen LogP contribution in [0, 0.1) is 0 Å². The molecule has 0 spiro atoms. The van der Waals surface area contributed by atoms with Gasteiger partial charge in [-0.2, -0.15) is 0 Å². The van der Waals surface area contributed by atoms with Crippen LogP contribution in [0.2, 0.25) is 0 Å². The van der Waals surface area contributed by atoms with Crippen molar-refractivity contribution >= 4 is 0 Å². The summed E-state index contributed by atoms with van der Waals surface area (Å²) in [6.07, 6.45) is 11.4. The van der Waals surface area contributed by atoms with Crippen molar-refractivity contribution < 1.29 is 9.15 Å². The average molecular weight is 376 g/mol. The fraction of sp³-hybridized carbons (Fsp3) is 0.409. The Bertz CT molecular complexity index is 935. The van der Waals surface area contributed by atoms with Crippen LogP contribution < -0.4 is 4.74 Å². The average Bonchev–Trinajstić information content (AvgIpc) is 3.43. The molecule has 5 rings (SSSR count). The van der Waals surface area contributed by atoms with E-state index in [4.69, 9.17) is 14.1 Å². The van der Waals surface area contributed by atoms with Crippen molar-refractivity contribution in [1.29, 1.82) is 0 Å². The quantitative estimate of drug-likeness (QED) is 0.670. The van der Waals surface area contributed by atoms with Gasteiger partial charge >= 0.3 is 0 Å². The molecule has 6 heteroatoms. The molecule has 28 heavy (non-hydrogen) atoms. The minimum absolute atomic E-state index is 0.323. The number of pyridine rings is 1. The molecule has 6 nitrogen and oxygen atoms in total. The Kier molecular flexibility index (Phi) is 4.79. The van der Waals surface area contributed by atoms with Crippen molar-refractivity contribution in [2.45, 2.75) is 51.3 Å². The summed E-state index contributed by atoms with van der Waals surface area (Å²) in [4.78, 5) is 16.1. The minimum Gasteiger partial charge on any atom is -0.474 e. The SMILES string of the molecule is c1coc(-c2ncc3c(n2)CCN(Cc2cccnc2OC2CCCC2)C3)c1. The molecule has 0 atom stereocenters. The summed E-state index contributed by atoms with van der Waals surface area (Å²) in [7, 11) is 0. The van der Waals surface area contributed by atoms with Gasteiger partial charge in [-0.15, -0.1) is 0 Å². The maximum absolute atomic E-state index is 6.20. The Morgan fingerprint density at radius 3 is 2.93 bits per heavy atom. The molecule has 0 amide bonds. The van der Waals surface area contributed by atoms with Crippen LogP contribution in [0.25, 0.3) is 11.6 Å². The summed E-state index contributed by atoms with van der Waals surface area (Å²) in [6.45, 7) is 2.63. The topological polar surface area (TPSA) is 64.3 Å². The van der Waals surface area contributed by atoms with Crippen LogP contribution in [0.3, 0.4) is 0 Å². The van der Waals surface area contributed by atoms with Crippen LogP contribution in [0.5, 0.6) is 5.88 Å². The molecule has 0 bridgehead atoms. The van der Waals surface area contributed by atoms with E-state index in [1.807, 2.05) is 30.6 Å². The lowest BCUT2D eigenvalue weighted by molar-refractivity contribution is 0.190. The van der Waals surface area contributed by atoms with Crippen LogP contribution in [0.15, 0.2) is 47.3 Å². The summed E-state index contributed by atoms with van der Waals surface area (Å²) >= 11 is 0. The van der Waals surface area contributed by atoms with Gasteiger partial charge in [0, 0.05) is 49.6 Å². The van der Waals surface area contributed by atoms with Gasteiger partial charge in [-0.3, -0.25) is 4.90 Å². The van der Waals surface area contributed by atoms with E-state index in [1.165, 1.54) is 18.4 Å². The van der Waals surface area contributed by atoms with E-state index in [2.05, 4.69) is 20.9 Å². The van der Waals surface area contributed by atoms with Gasteiger partial charge in [0.15, 0.2) is 11.6 Å². The first kappa shape index (κ1) is 17.4. The molecule has 2 aliphatic rings. The molecule has 0 unspecified atom stereocenters. The highest BCUT2D eigenvalue weighted by Gasteiger charge is 2.22.